The fourth-order valence-electron chi connectivity index (χ4n) is 3.10. The Bertz CT molecular complexity index is 860. The number of benzene rings is 3. The van der Waals surface area contributed by atoms with E-state index in [-0.39, 0.29) is 6.04 Å². The number of hydrogen-bond acceptors (Lipinski definition) is 2. The lowest BCUT2D eigenvalue weighted by atomic mass is 9.98. The molecule has 0 amide bonds. The molecule has 1 heterocycles. The molecule has 0 unspecified atom stereocenters. The highest BCUT2D eigenvalue weighted by Gasteiger charge is 2.27. The standard InChI is InChI=1S/C22H18ClNS/c23-19-13-11-18(12-14-19)22-24-20(16-7-3-1-4-8-16)15-21(25-22)17-9-5-2-6-10-17/h1-14,20-21H,15H2/t20-,21-/m1/s1. The predicted octanol–water partition coefficient (Wildman–Crippen LogP) is 6.71. The second-order valence-corrected chi connectivity index (χ2v) is 7.75. The third kappa shape index (κ3) is 3.81. The van der Waals surface area contributed by atoms with Crippen LogP contribution in [0.1, 0.15) is 34.4 Å². The van der Waals surface area contributed by atoms with Crippen molar-refractivity contribution in [3.63, 3.8) is 0 Å². The van der Waals surface area contributed by atoms with Gasteiger partial charge in [-0.15, -0.1) is 0 Å². The molecule has 4 rings (SSSR count). The third-order valence-electron chi connectivity index (χ3n) is 4.41. The zero-order valence-electron chi connectivity index (χ0n) is 13.7. The first-order valence-corrected chi connectivity index (χ1v) is 9.65. The van der Waals surface area contributed by atoms with Crippen LogP contribution in [-0.2, 0) is 0 Å². The summed E-state index contributed by atoms with van der Waals surface area (Å²) in [7, 11) is 0. The first-order valence-electron chi connectivity index (χ1n) is 8.40. The molecule has 124 valence electrons. The average molecular weight is 364 g/mol. The smallest absolute Gasteiger partial charge is 0.0990 e. The Hall–Kier alpha value is -2.03. The predicted molar refractivity (Wildman–Crippen MR) is 109 cm³/mol. The van der Waals surface area contributed by atoms with E-state index in [2.05, 4.69) is 72.8 Å². The number of halogens is 1. The largest absolute Gasteiger partial charge is 0.270 e. The van der Waals surface area contributed by atoms with Gasteiger partial charge in [0.2, 0.25) is 0 Å². The maximum Gasteiger partial charge on any atom is 0.0990 e. The quantitative estimate of drug-likeness (QED) is 0.504. The second kappa shape index (κ2) is 7.47. The van der Waals surface area contributed by atoms with Crippen molar-refractivity contribution >= 4 is 28.4 Å². The van der Waals surface area contributed by atoms with E-state index in [1.54, 1.807) is 0 Å². The van der Waals surface area contributed by atoms with Crippen molar-refractivity contribution in [2.24, 2.45) is 4.99 Å². The van der Waals surface area contributed by atoms with Crippen LogP contribution in [0.15, 0.2) is 89.9 Å². The maximum absolute atomic E-state index is 6.05. The van der Waals surface area contributed by atoms with Crippen molar-refractivity contribution in [1.29, 1.82) is 0 Å². The third-order valence-corrected chi connectivity index (χ3v) is 5.98. The van der Waals surface area contributed by atoms with Crippen LogP contribution in [0.25, 0.3) is 0 Å². The number of nitrogens with zero attached hydrogens (tertiary/aromatic N) is 1. The molecule has 2 atom stereocenters. The zero-order valence-corrected chi connectivity index (χ0v) is 15.3. The second-order valence-electron chi connectivity index (χ2n) is 6.12. The van der Waals surface area contributed by atoms with Gasteiger partial charge in [0.1, 0.15) is 0 Å². The lowest BCUT2D eigenvalue weighted by Crippen LogP contribution is -2.13. The van der Waals surface area contributed by atoms with Crippen molar-refractivity contribution in [2.45, 2.75) is 17.7 Å². The molecule has 3 aromatic carbocycles. The Labute approximate surface area is 157 Å². The summed E-state index contributed by atoms with van der Waals surface area (Å²) in [5, 5.41) is 2.24. The Kier molecular flexibility index (Phi) is 4.91. The Morgan fingerprint density at radius 1 is 0.760 bits per heavy atom. The van der Waals surface area contributed by atoms with Gasteiger partial charge in [0.25, 0.3) is 0 Å². The summed E-state index contributed by atoms with van der Waals surface area (Å²) < 4.78 is 0. The van der Waals surface area contributed by atoms with Gasteiger partial charge in [0.05, 0.1) is 11.1 Å². The van der Waals surface area contributed by atoms with Crippen LogP contribution < -0.4 is 0 Å². The molecule has 25 heavy (non-hydrogen) atoms. The monoisotopic (exact) mass is 363 g/mol. The summed E-state index contributed by atoms with van der Waals surface area (Å²) in [6.45, 7) is 0. The summed E-state index contributed by atoms with van der Waals surface area (Å²) in [5.41, 5.74) is 3.76. The lowest BCUT2D eigenvalue weighted by molar-refractivity contribution is 0.641. The van der Waals surface area contributed by atoms with Crippen LogP contribution in [0.4, 0.5) is 0 Å². The van der Waals surface area contributed by atoms with Gasteiger partial charge in [-0.2, -0.15) is 0 Å². The first-order chi connectivity index (χ1) is 12.3. The lowest BCUT2D eigenvalue weighted by Gasteiger charge is -2.28. The summed E-state index contributed by atoms with van der Waals surface area (Å²) in [5.74, 6) is 0. The highest BCUT2D eigenvalue weighted by atomic mass is 35.5. The van der Waals surface area contributed by atoms with E-state index in [0.717, 1.165) is 22.1 Å². The topological polar surface area (TPSA) is 12.4 Å². The van der Waals surface area contributed by atoms with Gasteiger partial charge in [-0.05, 0) is 29.7 Å². The van der Waals surface area contributed by atoms with Gasteiger partial charge in [-0.25, -0.2) is 0 Å². The molecular weight excluding hydrogens is 346 g/mol. The van der Waals surface area contributed by atoms with Gasteiger partial charge in [-0.3, -0.25) is 4.99 Å². The fourth-order valence-corrected chi connectivity index (χ4v) is 4.53. The van der Waals surface area contributed by atoms with Gasteiger partial charge in [0.15, 0.2) is 0 Å². The van der Waals surface area contributed by atoms with Crippen molar-refractivity contribution in [1.82, 2.24) is 0 Å². The summed E-state index contributed by atoms with van der Waals surface area (Å²) >= 11 is 7.90. The molecule has 0 N–H and O–H groups in total. The molecule has 0 saturated heterocycles. The Morgan fingerprint density at radius 3 is 2.00 bits per heavy atom. The minimum atomic E-state index is 0.179. The van der Waals surface area contributed by atoms with Gasteiger partial charge in [-0.1, -0.05) is 96.2 Å². The van der Waals surface area contributed by atoms with E-state index in [0.29, 0.717) is 5.25 Å². The van der Waals surface area contributed by atoms with Crippen molar-refractivity contribution in [3.05, 3.63) is 107 Å². The number of rotatable bonds is 3. The molecule has 1 nitrogen and oxygen atoms in total. The van der Waals surface area contributed by atoms with Crippen LogP contribution in [0.2, 0.25) is 5.02 Å². The zero-order chi connectivity index (χ0) is 17.1. The van der Waals surface area contributed by atoms with E-state index < -0.39 is 0 Å². The minimum Gasteiger partial charge on any atom is -0.270 e. The molecule has 3 heteroatoms. The molecule has 0 aliphatic carbocycles. The van der Waals surface area contributed by atoms with E-state index >= 15 is 0 Å². The van der Waals surface area contributed by atoms with Crippen molar-refractivity contribution in [2.75, 3.05) is 0 Å². The van der Waals surface area contributed by atoms with E-state index in [1.807, 2.05) is 23.9 Å². The molecule has 1 aliphatic heterocycles. The Morgan fingerprint density at radius 2 is 1.36 bits per heavy atom. The molecule has 3 aromatic rings. The summed E-state index contributed by atoms with van der Waals surface area (Å²) in [6, 6.07) is 29.5. The van der Waals surface area contributed by atoms with Crippen molar-refractivity contribution < 1.29 is 0 Å². The number of thioether (sulfide) groups is 1. The van der Waals surface area contributed by atoms with Crippen LogP contribution in [0.5, 0.6) is 0 Å². The molecule has 0 saturated carbocycles. The molecular formula is C22H18ClNS. The molecule has 0 radical (unpaired) electrons. The molecule has 0 aromatic heterocycles. The van der Waals surface area contributed by atoms with E-state index in [9.17, 15) is 0 Å². The number of aliphatic imine (C=N–C) groups is 1. The van der Waals surface area contributed by atoms with E-state index in [1.165, 1.54) is 11.1 Å². The van der Waals surface area contributed by atoms with Crippen LogP contribution in [-0.4, -0.2) is 5.04 Å². The number of hydrogen-bond donors (Lipinski definition) is 0. The van der Waals surface area contributed by atoms with Crippen LogP contribution in [0, 0.1) is 0 Å². The normalized spacial score (nSPS) is 20.1. The van der Waals surface area contributed by atoms with E-state index in [4.69, 9.17) is 16.6 Å². The molecule has 0 fully saturated rings. The van der Waals surface area contributed by atoms with Gasteiger partial charge in [0, 0.05) is 15.8 Å². The van der Waals surface area contributed by atoms with Crippen LogP contribution in [0.3, 0.4) is 0 Å². The highest BCUT2D eigenvalue weighted by Crippen LogP contribution is 2.45. The summed E-state index contributed by atoms with van der Waals surface area (Å²) in [6.07, 6.45) is 1.01. The van der Waals surface area contributed by atoms with Gasteiger partial charge >= 0.3 is 0 Å². The maximum atomic E-state index is 6.05. The average Bonchev–Trinajstić information content (AvgIpc) is 2.69. The van der Waals surface area contributed by atoms with Gasteiger partial charge < -0.3 is 0 Å². The SMILES string of the molecule is Clc1ccc(C2=N[C@@H](c3ccccc3)C[C@H](c3ccccc3)S2)cc1. The molecule has 0 bridgehead atoms. The highest BCUT2D eigenvalue weighted by molar-refractivity contribution is 8.14. The first kappa shape index (κ1) is 16.4. The van der Waals surface area contributed by atoms with Crippen molar-refractivity contribution in [3.8, 4) is 0 Å². The summed E-state index contributed by atoms with van der Waals surface area (Å²) in [4.78, 5) is 5.06. The molecule has 1 aliphatic rings. The van der Waals surface area contributed by atoms with Crippen LogP contribution >= 0.6 is 23.4 Å². The Balaban J connectivity index is 1.73. The minimum absolute atomic E-state index is 0.179. The molecule has 0 spiro atoms. The fraction of sp³-hybridized carbons (Fsp3) is 0.136.